The molecule has 0 aliphatic carbocycles. The monoisotopic (exact) mass is 232 g/mol. The second kappa shape index (κ2) is 5.05. The molecule has 0 fully saturated rings. The number of hydrogen-bond acceptors (Lipinski definition) is 5. The van der Waals surface area contributed by atoms with Crippen molar-refractivity contribution in [2.24, 2.45) is 5.73 Å². The first-order chi connectivity index (χ1) is 8.22. The molecular weight excluding hydrogens is 216 g/mol. The van der Waals surface area contributed by atoms with Crippen LogP contribution >= 0.6 is 0 Å². The van der Waals surface area contributed by atoms with Gasteiger partial charge in [0, 0.05) is 18.0 Å². The molecule has 0 unspecified atom stereocenters. The summed E-state index contributed by atoms with van der Waals surface area (Å²) in [6.07, 6.45) is 5.30. The van der Waals surface area contributed by atoms with Gasteiger partial charge in [-0.1, -0.05) is 18.5 Å². The van der Waals surface area contributed by atoms with Crippen LogP contribution in [0.5, 0.6) is 0 Å². The lowest BCUT2D eigenvalue weighted by atomic mass is 10.1. The summed E-state index contributed by atoms with van der Waals surface area (Å²) in [5.74, 6) is 1.04. The van der Waals surface area contributed by atoms with Crippen molar-refractivity contribution in [3.05, 3.63) is 29.9 Å². The largest absolute Gasteiger partial charge is 0.337 e. The Balaban J connectivity index is 2.27. The van der Waals surface area contributed by atoms with Crippen LogP contribution in [0.1, 0.15) is 37.3 Å². The third kappa shape index (κ3) is 2.50. The molecule has 2 aromatic rings. The van der Waals surface area contributed by atoms with Crippen molar-refractivity contribution < 1.29 is 4.52 Å². The predicted molar refractivity (Wildman–Crippen MR) is 64.1 cm³/mol. The molecular formula is C12H16N4O. The zero-order valence-electron chi connectivity index (χ0n) is 10.1. The van der Waals surface area contributed by atoms with Gasteiger partial charge < -0.3 is 10.3 Å². The van der Waals surface area contributed by atoms with E-state index in [1.165, 1.54) is 0 Å². The molecule has 0 aliphatic rings. The lowest BCUT2D eigenvalue weighted by molar-refractivity contribution is 0.348. The second-order valence-corrected chi connectivity index (χ2v) is 4.04. The first-order valence-electron chi connectivity index (χ1n) is 5.72. The summed E-state index contributed by atoms with van der Waals surface area (Å²) < 4.78 is 5.17. The van der Waals surface area contributed by atoms with Gasteiger partial charge in [0.15, 0.2) is 0 Å². The topological polar surface area (TPSA) is 77.8 Å². The molecule has 0 spiro atoms. The summed E-state index contributed by atoms with van der Waals surface area (Å²) >= 11 is 0. The van der Waals surface area contributed by atoms with Crippen molar-refractivity contribution in [3.8, 4) is 11.4 Å². The van der Waals surface area contributed by atoms with Gasteiger partial charge in [-0.3, -0.25) is 4.98 Å². The molecule has 0 bridgehead atoms. The summed E-state index contributed by atoms with van der Waals surface area (Å²) in [5.41, 5.74) is 7.87. The van der Waals surface area contributed by atoms with E-state index in [0.29, 0.717) is 11.7 Å². The summed E-state index contributed by atoms with van der Waals surface area (Å²) in [4.78, 5) is 8.38. The fraction of sp³-hybridized carbons (Fsp3) is 0.417. The van der Waals surface area contributed by atoms with Gasteiger partial charge in [-0.15, -0.1) is 0 Å². The molecule has 1 atom stereocenters. The summed E-state index contributed by atoms with van der Waals surface area (Å²) in [5, 5.41) is 3.94. The molecule has 2 N–H and O–H groups in total. The molecule has 17 heavy (non-hydrogen) atoms. The highest BCUT2D eigenvalue weighted by molar-refractivity contribution is 5.57. The van der Waals surface area contributed by atoms with E-state index in [1.54, 1.807) is 12.4 Å². The van der Waals surface area contributed by atoms with Crippen LogP contribution in [-0.2, 0) is 0 Å². The van der Waals surface area contributed by atoms with Gasteiger partial charge in [-0.25, -0.2) is 0 Å². The number of aromatic nitrogens is 3. The molecule has 5 nitrogen and oxygen atoms in total. The standard InChI is InChI=1S/C12H16N4O/c1-3-4-10(13)12-15-11(16-17-12)9-7-14-6-5-8(9)2/h5-7,10H,3-4,13H2,1-2H3/t10-/m0/s1. The van der Waals surface area contributed by atoms with Gasteiger partial charge >= 0.3 is 0 Å². The highest BCUT2D eigenvalue weighted by Crippen LogP contribution is 2.21. The maximum absolute atomic E-state index is 5.92. The van der Waals surface area contributed by atoms with Gasteiger partial charge in [-0.05, 0) is 25.0 Å². The lowest BCUT2D eigenvalue weighted by Crippen LogP contribution is -2.09. The van der Waals surface area contributed by atoms with Gasteiger partial charge in [0.2, 0.25) is 11.7 Å². The van der Waals surface area contributed by atoms with Gasteiger partial charge in [-0.2, -0.15) is 4.98 Å². The van der Waals surface area contributed by atoms with Crippen molar-refractivity contribution >= 4 is 0 Å². The maximum Gasteiger partial charge on any atom is 0.243 e. The Labute approximate surface area is 100 Å². The lowest BCUT2D eigenvalue weighted by Gasteiger charge is -2.02. The number of nitrogens with two attached hydrogens (primary N) is 1. The molecule has 0 saturated heterocycles. The maximum atomic E-state index is 5.92. The number of nitrogens with zero attached hydrogens (tertiary/aromatic N) is 3. The van der Waals surface area contributed by atoms with Crippen molar-refractivity contribution in [1.29, 1.82) is 0 Å². The van der Waals surface area contributed by atoms with E-state index in [9.17, 15) is 0 Å². The fourth-order valence-electron chi connectivity index (χ4n) is 1.63. The number of hydrogen-bond donors (Lipinski definition) is 1. The fourth-order valence-corrected chi connectivity index (χ4v) is 1.63. The zero-order valence-corrected chi connectivity index (χ0v) is 10.1. The van der Waals surface area contributed by atoms with Crippen LogP contribution in [-0.4, -0.2) is 15.1 Å². The van der Waals surface area contributed by atoms with E-state index in [-0.39, 0.29) is 6.04 Å². The Bertz CT molecular complexity index is 495. The van der Waals surface area contributed by atoms with E-state index < -0.39 is 0 Å². The van der Waals surface area contributed by atoms with Crippen LogP contribution in [0.3, 0.4) is 0 Å². The number of pyridine rings is 1. The molecule has 2 rings (SSSR count). The quantitative estimate of drug-likeness (QED) is 0.874. The average Bonchev–Trinajstić information content (AvgIpc) is 2.79. The molecule has 2 aromatic heterocycles. The average molecular weight is 232 g/mol. The van der Waals surface area contributed by atoms with Crippen molar-refractivity contribution in [3.63, 3.8) is 0 Å². The minimum atomic E-state index is -0.182. The molecule has 0 aromatic carbocycles. The highest BCUT2D eigenvalue weighted by atomic mass is 16.5. The molecule has 2 heterocycles. The Hall–Kier alpha value is -1.75. The molecule has 90 valence electrons. The summed E-state index contributed by atoms with van der Waals surface area (Å²) in [7, 11) is 0. The van der Waals surface area contributed by atoms with E-state index in [1.807, 2.05) is 13.0 Å². The first kappa shape index (κ1) is 11.7. The van der Waals surface area contributed by atoms with Gasteiger partial charge in [0.25, 0.3) is 0 Å². The molecule has 0 aliphatic heterocycles. The minimum absolute atomic E-state index is 0.182. The Morgan fingerprint density at radius 1 is 1.47 bits per heavy atom. The van der Waals surface area contributed by atoms with Crippen LogP contribution in [0.25, 0.3) is 11.4 Å². The van der Waals surface area contributed by atoms with Crippen LogP contribution in [0.2, 0.25) is 0 Å². The van der Waals surface area contributed by atoms with Crippen LogP contribution < -0.4 is 5.73 Å². The zero-order chi connectivity index (χ0) is 12.3. The summed E-state index contributed by atoms with van der Waals surface area (Å²) in [6.45, 7) is 4.06. The Morgan fingerprint density at radius 2 is 2.29 bits per heavy atom. The number of aryl methyl sites for hydroxylation is 1. The molecule has 0 amide bonds. The van der Waals surface area contributed by atoms with E-state index >= 15 is 0 Å². The third-order valence-electron chi connectivity index (χ3n) is 2.64. The van der Waals surface area contributed by atoms with E-state index in [2.05, 4.69) is 22.0 Å². The van der Waals surface area contributed by atoms with Crippen LogP contribution in [0, 0.1) is 6.92 Å². The molecule has 5 heteroatoms. The SMILES string of the molecule is CCC[C@H](N)c1nc(-c2cnccc2C)no1. The van der Waals surface area contributed by atoms with Crippen LogP contribution in [0.4, 0.5) is 0 Å². The van der Waals surface area contributed by atoms with Crippen LogP contribution in [0.15, 0.2) is 23.0 Å². The Morgan fingerprint density at radius 3 is 3.00 bits per heavy atom. The van der Waals surface area contributed by atoms with Crippen molar-refractivity contribution in [2.45, 2.75) is 32.7 Å². The van der Waals surface area contributed by atoms with Gasteiger partial charge in [0.1, 0.15) is 0 Å². The minimum Gasteiger partial charge on any atom is -0.337 e. The number of rotatable bonds is 4. The van der Waals surface area contributed by atoms with Crippen molar-refractivity contribution in [2.75, 3.05) is 0 Å². The summed E-state index contributed by atoms with van der Waals surface area (Å²) in [6, 6.07) is 1.73. The highest BCUT2D eigenvalue weighted by Gasteiger charge is 2.15. The van der Waals surface area contributed by atoms with E-state index in [4.69, 9.17) is 10.3 Å². The Kier molecular flexibility index (Phi) is 3.49. The molecule has 0 radical (unpaired) electrons. The second-order valence-electron chi connectivity index (χ2n) is 4.04. The smallest absolute Gasteiger partial charge is 0.243 e. The van der Waals surface area contributed by atoms with Crippen molar-refractivity contribution in [1.82, 2.24) is 15.1 Å². The predicted octanol–water partition coefficient (Wildman–Crippen LogP) is 2.24. The van der Waals surface area contributed by atoms with E-state index in [0.717, 1.165) is 24.0 Å². The molecule has 0 saturated carbocycles. The third-order valence-corrected chi connectivity index (χ3v) is 2.64. The first-order valence-corrected chi connectivity index (χ1v) is 5.72. The normalized spacial score (nSPS) is 12.6. The van der Waals surface area contributed by atoms with Gasteiger partial charge in [0.05, 0.1) is 6.04 Å².